The van der Waals surface area contributed by atoms with E-state index in [1.807, 2.05) is 18.2 Å². The summed E-state index contributed by atoms with van der Waals surface area (Å²) in [6.07, 6.45) is 3.80. The Morgan fingerprint density at radius 2 is 2.37 bits per heavy atom. The molecule has 2 rings (SSSR count). The third-order valence-electron chi connectivity index (χ3n) is 3.23. The second-order valence-corrected chi connectivity index (χ2v) is 5.90. The van der Waals surface area contributed by atoms with Gasteiger partial charge in [0, 0.05) is 18.0 Å². The molecule has 1 heterocycles. The minimum Gasteiger partial charge on any atom is -0.381 e. The normalized spacial score (nSPS) is 18.8. The van der Waals surface area contributed by atoms with E-state index in [4.69, 9.17) is 4.74 Å². The van der Waals surface area contributed by atoms with Crippen LogP contribution in [0, 0.1) is 11.3 Å². The summed E-state index contributed by atoms with van der Waals surface area (Å²) in [6.45, 7) is 3.75. The molecule has 0 aliphatic carbocycles. The Morgan fingerprint density at radius 3 is 3.05 bits per heavy atom. The van der Waals surface area contributed by atoms with Gasteiger partial charge in [-0.1, -0.05) is 13.0 Å². The van der Waals surface area contributed by atoms with Crippen molar-refractivity contribution in [1.82, 2.24) is 0 Å². The fraction of sp³-hybridized carbons (Fsp3) is 0.533. The summed E-state index contributed by atoms with van der Waals surface area (Å²) in [6, 6.07) is 8.30. The van der Waals surface area contributed by atoms with Crippen molar-refractivity contribution in [3.05, 3.63) is 23.8 Å². The monoisotopic (exact) mass is 276 g/mol. The average molecular weight is 276 g/mol. The van der Waals surface area contributed by atoms with Crippen molar-refractivity contribution in [2.45, 2.75) is 37.2 Å². The second-order valence-electron chi connectivity index (χ2n) is 4.59. The average Bonchev–Trinajstić information content (AvgIpc) is 2.46. The molecule has 1 N–H and O–H groups in total. The van der Waals surface area contributed by atoms with Gasteiger partial charge in [0.05, 0.1) is 17.4 Å². The predicted octanol–water partition coefficient (Wildman–Crippen LogP) is 3.65. The predicted molar refractivity (Wildman–Crippen MR) is 79.6 cm³/mol. The number of benzene rings is 1. The van der Waals surface area contributed by atoms with Crippen LogP contribution in [-0.2, 0) is 4.74 Å². The first-order valence-electron chi connectivity index (χ1n) is 6.86. The number of ether oxygens (including phenoxy) is 1. The van der Waals surface area contributed by atoms with E-state index in [0.29, 0.717) is 0 Å². The van der Waals surface area contributed by atoms with E-state index in [-0.39, 0.29) is 6.10 Å². The number of rotatable bonds is 5. The van der Waals surface area contributed by atoms with Gasteiger partial charge in [0.1, 0.15) is 6.07 Å². The lowest BCUT2D eigenvalue weighted by molar-refractivity contribution is 0.0247. The molecule has 1 aromatic carbocycles. The maximum Gasteiger partial charge on any atom is 0.102 e. The highest BCUT2D eigenvalue weighted by atomic mass is 32.2. The van der Waals surface area contributed by atoms with Gasteiger partial charge in [0.25, 0.3) is 0 Å². The number of nitrogens with one attached hydrogen (secondary N) is 1. The Hall–Kier alpha value is -1.18. The molecule has 3 nitrogen and oxygen atoms in total. The zero-order chi connectivity index (χ0) is 13.5. The standard InChI is InChI=1S/C15H20N2OS/c1-2-19-15-8-5-7-14(13(15)10-16)17-11-12-6-3-4-9-18-12/h5,7-8,12,17H,2-4,6,9,11H2,1H3. The molecule has 1 aliphatic rings. The van der Waals surface area contributed by atoms with Gasteiger partial charge < -0.3 is 10.1 Å². The summed E-state index contributed by atoms with van der Waals surface area (Å²) in [5.74, 6) is 0.976. The molecule has 0 saturated carbocycles. The van der Waals surface area contributed by atoms with E-state index in [1.165, 1.54) is 12.8 Å². The Bertz CT molecular complexity index is 450. The van der Waals surface area contributed by atoms with E-state index >= 15 is 0 Å². The molecular formula is C15H20N2OS. The van der Waals surface area contributed by atoms with Gasteiger partial charge in [-0.05, 0) is 37.1 Å². The molecule has 1 unspecified atom stereocenters. The van der Waals surface area contributed by atoms with Gasteiger partial charge in [-0.25, -0.2) is 0 Å². The van der Waals surface area contributed by atoms with Crippen molar-refractivity contribution < 1.29 is 4.74 Å². The zero-order valence-electron chi connectivity index (χ0n) is 11.3. The van der Waals surface area contributed by atoms with Gasteiger partial charge >= 0.3 is 0 Å². The van der Waals surface area contributed by atoms with E-state index in [0.717, 1.165) is 41.5 Å². The second kappa shape index (κ2) is 7.42. The van der Waals surface area contributed by atoms with Crippen LogP contribution in [0.5, 0.6) is 0 Å². The third-order valence-corrected chi connectivity index (χ3v) is 4.17. The zero-order valence-corrected chi connectivity index (χ0v) is 12.1. The van der Waals surface area contributed by atoms with Crippen molar-refractivity contribution >= 4 is 17.4 Å². The van der Waals surface area contributed by atoms with Crippen molar-refractivity contribution in [2.75, 3.05) is 24.2 Å². The van der Waals surface area contributed by atoms with Crippen LogP contribution in [0.15, 0.2) is 23.1 Å². The molecule has 1 atom stereocenters. The minimum atomic E-state index is 0.280. The van der Waals surface area contributed by atoms with Crippen molar-refractivity contribution in [1.29, 1.82) is 5.26 Å². The lowest BCUT2D eigenvalue weighted by Gasteiger charge is -2.23. The maximum atomic E-state index is 9.33. The molecule has 0 radical (unpaired) electrons. The molecule has 19 heavy (non-hydrogen) atoms. The van der Waals surface area contributed by atoms with E-state index < -0.39 is 0 Å². The Balaban J connectivity index is 2.02. The van der Waals surface area contributed by atoms with Crippen LogP contribution < -0.4 is 5.32 Å². The smallest absolute Gasteiger partial charge is 0.102 e. The summed E-state index contributed by atoms with van der Waals surface area (Å²) in [5.41, 5.74) is 1.68. The topological polar surface area (TPSA) is 45.0 Å². The van der Waals surface area contributed by atoms with Crippen molar-refractivity contribution in [2.24, 2.45) is 0 Å². The largest absolute Gasteiger partial charge is 0.381 e. The molecule has 1 aromatic rings. The summed E-state index contributed by atoms with van der Waals surface area (Å²) < 4.78 is 5.70. The number of thioether (sulfide) groups is 1. The Kier molecular flexibility index (Phi) is 5.56. The number of anilines is 1. The van der Waals surface area contributed by atoms with Crippen LogP contribution in [0.1, 0.15) is 31.7 Å². The summed E-state index contributed by atoms with van der Waals surface area (Å²) in [5, 5.41) is 12.7. The summed E-state index contributed by atoms with van der Waals surface area (Å²) in [7, 11) is 0. The van der Waals surface area contributed by atoms with Crippen LogP contribution in [0.2, 0.25) is 0 Å². The van der Waals surface area contributed by atoms with Crippen LogP contribution in [-0.4, -0.2) is 25.0 Å². The molecule has 4 heteroatoms. The van der Waals surface area contributed by atoms with Crippen LogP contribution in [0.4, 0.5) is 5.69 Å². The molecule has 0 amide bonds. The van der Waals surface area contributed by atoms with Gasteiger partial charge in [-0.3, -0.25) is 0 Å². The lowest BCUT2D eigenvalue weighted by Crippen LogP contribution is -2.27. The number of nitrogens with zero attached hydrogens (tertiary/aromatic N) is 1. The first kappa shape index (κ1) is 14.2. The highest BCUT2D eigenvalue weighted by Gasteiger charge is 2.14. The van der Waals surface area contributed by atoms with Gasteiger partial charge in [0.15, 0.2) is 0 Å². The highest BCUT2D eigenvalue weighted by Crippen LogP contribution is 2.28. The first-order chi connectivity index (χ1) is 9.35. The summed E-state index contributed by atoms with van der Waals surface area (Å²) >= 11 is 1.71. The molecule has 102 valence electrons. The summed E-state index contributed by atoms with van der Waals surface area (Å²) in [4.78, 5) is 1.06. The Labute approximate surface area is 119 Å². The van der Waals surface area contributed by atoms with Crippen LogP contribution >= 0.6 is 11.8 Å². The molecule has 1 saturated heterocycles. The van der Waals surface area contributed by atoms with Crippen LogP contribution in [0.3, 0.4) is 0 Å². The quantitative estimate of drug-likeness (QED) is 0.834. The van der Waals surface area contributed by atoms with Crippen molar-refractivity contribution in [3.63, 3.8) is 0 Å². The van der Waals surface area contributed by atoms with Crippen molar-refractivity contribution in [3.8, 4) is 6.07 Å². The molecule has 0 bridgehead atoms. The molecular weight excluding hydrogens is 256 g/mol. The first-order valence-corrected chi connectivity index (χ1v) is 7.85. The van der Waals surface area contributed by atoms with Gasteiger partial charge in [0.2, 0.25) is 0 Å². The minimum absolute atomic E-state index is 0.280. The van der Waals surface area contributed by atoms with Crippen LogP contribution in [0.25, 0.3) is 0 Å². The molecule has 0 aromatic heterocycles. The van der Waals surface area contributed by atoms with E-state index in [1.54, 1.807) is 11.8 Å². The number of hydrogen-bond donors (Lipinski definition) is 1. The lowest BCUT2D eigenvalue weighted by atomic mass is 10.1. The maximum absolute atomic E-state index is 9.33. The van der Waals surface area contributed by atoms with Gasteiger partial charge in [-0.15, -0.1) is 11.8 Å². The third kappa shape index (κ3) is 3.89. The Morgan fingerprint density at radius 1 is 1.47 bits per heavy atom. The molecule has 1 aliphatic heterocycles. The van der Waals surface area contributed by atoms with E-state index in [2.05, 4.69) is 18.3 Å². The number of nitriles is 1. The number of hydrogen-bond acceptors (Lipinski definition) is 4. The fourth-order valence-electron chi connectivity index (χ4n) is 2.26. The fourth-order valence-corrected chi connectivity index (χ4v) is 3.05. The molecule has 1 fully saturated rings. The SMILES string of the molecule is CCSc1cccc(NCC2CCCCO2)c1C#N. The van der Waals surface area contributed by atoms with Gasteiger partial charge in [-0.2, -0.15) is 5.26 Å². The molecule has 0 spiro atoms. The highest BCUT2D eigenvalue weighted by molar-refractivity contribution is 7.99. The van der Waals surface area contributed by atoms with E-state index in [9.17, 15) is 5.26 Å².